The van der Waals surface area contributed by atoms with E-state index in [2.05, 4.69) is 15.9 Å². The lowest BCUT2D eigenvalue weighted by atomic mass is 10.1. The van der Waals surface area contributed by atoms with Crippen LogP contribution >= 0.6 is 39.9 Å². The maximum absolute atomic E-state index is 13.4. The van der Waals surface area contributed by atoms with E-state index in [1.165, 1.54) is 4.90 Å². The lowest BCUT2D eigenvalue weighted by Gasteiger charge is -2.25. The highest BCUT2D eigenvalue weighted by Gasteiger charge is 2.42. The Kier molecular flexibility index (Phi) is 9.16. The van der Waals surface area contributed by atoms with Gasteiger partial charge in [0.2, 0.25) is 0 Å². The third-order valence-corrected chi connectivity index (χ3v) is 6.61. The number of halogens is 1. The van der Waals surface area contributed by atoms with Crippen LogP contribution in [0.15, 0.2) is 51.8 Å². The first-order valence-corrected chi connectivity index (χ1v) is 12.9. The summed E-state index contributed by atoms with van der Waals surface area (Å²) in [7, 11) is 0. The van der Waals surface area contributed by atoms with Crippen LogP contribution in [0.5, 0.6) is 11.5 Å². The highest BCUT2D eigenvalue weighted by atomic mass is 79.9. The molecule has 0 bridgehead atoms. The number of nitrogens with zero attached hydrogens (tertiary/aromatic N) is 1. The van der Waals surface area contributed by atoms with Crippen LogP contribution in [0, 0.1) is 0 Å². The summed E-state index contributed by atoms with van der Waals surface area (Å²) >= 11 is 10.2. The summed E-state index contributed by atoms with van der Waals surface area (Å²) in [5, 5.41) is 0. The van der Waals surface area contributed by atoms with Gasteiger partial charge in [0.05, 0.1) is 28.7 Å². The monoisotopic (exact) mass is 563 g/mol. The largest absolute Gasteiger partial charge is 0.490 e. The maximum Gasteiger partial charge on any atom is 0.333 e. The molecule has 1 heterocycles. The van der Waals surface area contributed by atoms with Crippen molar-refractivity contribution in [1.29, 1.82) is 0 Å². The minimum Gasteiger partial charge on any atom is -0.490 e. The summed E-state index contributed by atoms with van der Waals surface area (Å²) in [6.07, 6.45) is 1.70. The predicted molar refractivity (Wildman–Crippen MR) is 142 cm³/mol. The Hall–Kier alpha value is -2.36. The van der Waals surface area contributed by atoms with E-state index in [0.29, 0.717) is 37.4 Å². The topological polar surface area (TPSA) is 65.1 Å². The van der Waals surface area contributed by atoms with Crippen molar-refractivity contribution >= 4 is 62.2 Å². The fourth-order valence-electron chi connectivity index (χ4n) is 3.39. The highest BCUT2D eigenvalue weighted by molar-refractivity contribution is 9.10. The molecule has 1 unspecified atom stereocenters. The molecular weight excluding hydrogens is 538 g/mol. The second-order valence-corrected chi connectivity index (χ2v) is 10.1. The second-order valence-electron chi connectivity index (χ2n) is 7.55. The van der Waals surface area contributed by atoms with Gasteiger partial charge >= 0.3 is 5.97 Å². The summed E-state index contributed by atoms with van der Waals surface area (Å²) in [5.41, 5.74) is 1.37. The average Bonchev–Trinajstić information content (AvgIpc) is 3.05. The number of rotatable bonds is 9. The van der Waals surface area contributed by atoms with E-state index < -0.39 is 12.0 Å². The molecule has 1 aliphatic heterocycles. The van der Waals surface area contributed by atoms with E-state index in [-0.39, 0.29) is 18.6 Å². The Labute approximate surface area is 217 Å². The molecule has 1 aliphatic rings. The van der Waals surface area contributed by atoms with Crippen LogP contribution in [0.4, 0.5) is 0 Å². The Morgan fingerprint density at radius 3 is 2.50 bits per heavy atom. The molecule has 1 saturated heterocycles. The Morgan fingerprint density at radius 1 is 1.18 bits per heavy atom. The maximum atomic E-state index is 13.4. The summed E-state index contributed by atoms with van der Waals surface area (Å²) in [4.78, 5) is 28.0. The number of hydrogen-bond acceptors (Lipinski definition) is 7. The first kappa shape index (κ1) is 26.2. The van der Waals surface area contributed by atoms with E-state index in [9.17, 15) is 9.59 Å². The molecule has 34 heavy (non-hydrogen) atoms. The summed E-state index contributed by atoms with van der Waals surface area (Å²) in [5.74, 6) is 0.297. The fourth-order valence-corrected chi connectivity index (χ4v) is 5.25. The molecule has 1 fully saturated rings. The molecule has 2 aromatic rings. The van der Waals surface area contributed by atoms with Crippen LogP contribution in [0.25, 0.3) is 6.08 Å². The third kappa shape index (κ3) is 6.00. The van der Waals surface area contributed by atoms with E-state index in [0.717, 1.165) is 17.3 Å². The van der Waals surface area contributed by atoms with E-state index >= 15 is 0 Å². The van der Waals surface area contributed by atoms with Crippen LogP contribution in [-0.2, 0) is 14.3 Å². The normalized spacial score (nSPS) is 15.7. The van der Waals surface area contributed by atoms with Gasteiger partial charge in [-0.3, -0.25) is 9.69 Å². The quantitative estimate of drug-likeness (QED) is 0.206. The Balaban J connectivity index is 1.98. The van der Waals surface area contributed by atoms with Crippen LogP contribution in [0.3, 0.4) is 0 Å². The minimum absolute atomic E-state index is 0.0320. The fraction of sp³-hybridized carbons (Fsp3) is 0.320. The van der Waals surface area contributed by atoms with Gasteiger partial charge in [-0.2, -0.15) is 0 Å². The molecule has 1 atom stereocenters. The number of carbonyl (C=O) groups excluding carboxylic acids is 2. The molecule has 0 N–H and O–H groups in total. The van der Waals surface area contributed by atoms with Crippen LogP contribution in [0.1, 0.15) is 44.9 Å². The van der Waals surface area contributed by atoms with Gasteiger partial charge in [0.25, 0.3) is 5.91 Å². The van der Waals surface area contributed by atoms with Gasteiger partial charge in [-0.05, 0) is 73.0 Å². The van der Waals surface area contributed by atoms with Gasteiger partial charge in [-0.1, -0.05) is 54.3 Å². The van der Waals surface area contributed by atoms with Crippen molar-refractivity contribution in [3.05, 3.63) is 63.0 Å². The zero-order valence-corrected chi connectivity index (χ0v) is 22.6. The standard InChI is InChI=1S/C25H26BrNO5S2/c1-5-30-19-13-16(12-18(26)22(19)32-15(3)4)14-20-23(28)27(25(33)34-20)21(24(29)31-6-2)17-10-8-7-9-11-17/h7-15,21H,5-6H2,1-4H3/b20-14-. The number of benzene rings is 2. The van der Waals surface area contributed by atoms with E-state index in [1.54, 1.807) is 25.1 Å². The van der Waals surface area contributed by atoms with Crippen LogP contribution in [0.2, 0.25) is 0 Å². The lowest BCUT2D eigenvalue weighted by molar-refractivity contribution is -0.151. The predicted octanol–water partition coefficient (Wildman–Crippen LogP) is 6.14. The Morgan fingerprint density at radius 2 is 1.88 bits per heavy atom. The van der Waals surface area contributed by atoms with E-state index in [4.69, 9.17) is 26.4 Å². The molecule has 0 saturated carbocycles. The molecular formula is C25H26BrNO5S2. The summed E-state index contributed by atoms with van der Waals surface area (Å²) in [6.45, 7) is 8.16. The van der Waals surface area contributed by atoms with Crippen molar-refractivity contribution < 1.29 is 23.8 Å². The third-order valence-electron chi connectivity index (χ3n) is 4.69. The number of ether oxygens (including phenoxy) is 3. The molecule has 1 amide bonds. The number of amides is 1. The molecule has 2 aromatic carbocycles. The molecule has 0 aromatic heterocycles. The van der Waals surface area contributed by atoms with Gasteiger partial charge in [0, 0.05) is 0 Å². The number of thiocarbonyl (C=S) groups is 1. The summed E-state index contributed by atoms with van der Waals surface area (Å²) in [6, 6.07) is 11.7. The zero-order valence-electron chi connectivity index (χ0n) is 19.4. The van der Waals surface area contributed by atoms with Crippen molar-refractivity contribution in [2.75, 3.05) is 13.2 Å². The molecule has 0 radical (unpaired) electrons. The van der Waals surface area contributed by atoms with Crippen LogP contribution < -0.4 is 9.47 Å². The average molecular weight is 565 g/mol. The molecule has 0 aliphatic carbocycles. The van der Waals surface area contributed by atoms with E-state index in [1.807, 2.05) is 51.1 Å². The number of carbonyl (C=O) groups is 2. The smallest absolute Gasteiger partial charge is 0.333 e. The number of esters is 1. The SMILES string of the molecule is CCOC(=O)C(c1ccccc1)N1C(=O)/C(=C/c2cc(Br)c(OC(C)C)c(OCC)c2)SC1=S. The first-order valence-electron chi connectivity index (χ1n) is 10.9. The van der Waals surface area contributed by atoms with Gasteiger partial charge in [-0.15, -0.1) is 0 Å². The highest BCUT2D eigenvalue weighted by Crippen LogP contribution is 2.41. The molecule has 3 rings (SSSR count). The molecule has 9 heteroatoms. The van der Waals surface area contributed by atoms with Gasteiger partial charge < -0.3 is 14.2 Å². The van der Waals surface area contributed by atoms with Crippen LogP contribution in [-0.4, -0.2) is 40.4 Å². The van der Waals surface area contributed by atoms with Gasteiger partial charge in [0.1, 0.15) is 4.32 Å². The second kappa shape index (κ2) is 11.9. The number of thioether (sulfide) groups is 1. The molecule has 180 valence electrons. The minimum atomic E-state index is -0.952. The Bertz CT molecular complexity index is 1100. The van der Waals surface area contributed by atoms with Gasteiger partial charge in [-0.25, -0.2) is 4.79 Å². The van der Waals surface area contributed by atoms with Crippen molar-refractivity contribution in [1.82, 2.24) is 4.90 Å². The number of hydrogen-bond donors (Lipinski definition) is 0. The molecule has 6 nitrogen and oxygen atoms in total. The summed E-state index contributed by atoms with van der Waals surface area (Å²) < 4.78 is 17.9. The zero-order chi connectivity index (χ0) is 24.8. The first-order chi connectivity index (χ1) is 16.3. The molecule has 0 spiro atoms. The van der Waals surface area contributed by atoms with Crippen molar-refractivity contribution in [3.63, 3.8) is 0 Å². The van der Waals surface area contributed by atoms with Crippen molar-refractivity contribution in [2.24, 2.45) is 0 Å². The van der Waals surface area contributed by atoms with Gasteiger partial charge in [0.15, 0.2) is 17.5 Å². The van der Waals surface area contributed by atoms with Crippen molar-refractivity contribution in [2.45, 2.75) is 39.8 Å². The lowest BCUT2D eigenvalue weighted by Crippen LogP contribution is -2.38. The van der Waals surface area contributed by atoms with Crippen molar-refractivity contribution in [3.8, 4) is 11.5 Å².